The van der Waals surface area contributed by atoms with Crippen LogP contribution in [0.15, 0.2) is 4.52 Å². The van der Waals surface area contributed by atoms with Gasteiger partial charge in [-0.3, -0.25) is 0 Å². The Hall–Kier alpha value is -0.900. The highest BCUT2D eigenvalue weighted by atomic mass is 16.5. The van der Waals surface area contributed by atoms with Crippen molar-refractivity contribution >= 4 is 0 Å². The Bertz CT molecular complexity index is 289. The summed E-state index contributed by atoms with van der Waals surface area (Å²) >= 11 is 0. The summed E-state index contributed by atoms with van der Waals surface area (Å²) in [6.07, 6.45) is 2.31. The average Bonchev–Trinajstić information content (AvgIpc) is 2.54. The Labute approximate surface area is 77.7 Å². The second-order valence-electron chi connectivity index (χ2n) is 3.99. The van der Waals surface area contributed by atoms with E-state index in [0.717, 1.165) is 31.2 Å². The van der Waals surface area contributed by atoms with Gasteiger partial charge in [0.05, 0.1) is 5.41 Å². The molecule has 0 aliphatic carbocycles. The molecule has 0 radical (unpaired) electrons. The van der Waals surface area contributed by atoms with Crippen molar-refractivity contribution in [2.24, 2.45) is 0 Å². The molecule has 4 nitrogen and oxygen atoms in total. The third-order valence-electron chi connectivity index (χ3n) is 2.64. The van der Waals surface area contributed by atoms with E-state index in [9.17, 15) is 0 Å². The first-order valence-electron chi connectivity index (χ1n) is 4.72. The van der Waals surface area contributed by atoms with Gasteiger partial charge in [0.1, 0.15) is 0 Å². The summed E-state index contributed by atoms with van der Waals surface area (Å²) in [5, 5.41) is 7.18. The van der Waals surface area contributed by atoms with Gasteiger partial charge in [0, 0.05) is 6.54 Å². The highest BCUT2D eigenvalue weighted by molar-refractivity contribution is 5.05. The van der Waals surface area contributed by atoms with Crippen molar-refractivity contribution in [3.05, 3.63) is 11.7 Å². The monoisotopic (exact) mass is 181 g/mol. The predicted octanol–water partition coefficient (Wildman–Crippen LogP) is 1.02. The van der Waals surface area contributed by atoms with E-state index in [-0.39, 0.29) is 5.41 Å². The van der Waals surface area contributed by atoms with Gasteiger partial charge in [0.2, 0.25) is 5.89 Å². The molecule has 2 heterocycles. The van der Waals surface area contributed by atoms with Crippen molar-refractivity contribution in [2.45, 2.75) is 32.1 Å². The van der Waals surface area contributed by atoms with E-state index in [4.69, 9.17) is 4.52 Å². The van der Waals surface area contributed by atoms with Crippen LogP contribution < -0.4 is 5.32 Å². The Morgan fingerprint density at radius 2 is 2.38 bits per heavy atom. The maximum absolute atomic E-state index is 5.21. The number of aromatic nitrogens is 2. The van der Waals surface area contributed by atoms with Gasteiger partial charge >= 0.3 is 0 Å². The average molecular weight is 181 g/mol. The van der Waals surface area contributed by atoms with Crippen molar-refractivity contribution < 1.29 is 4.52 Å². The van der Waals surface area contributed by atoms with Crippen LogP contribution in [0.5, 0.6) is 0 Å². The van der Waals surface area contributed by atoms with Crippen molar-refractivity contribution in [3.63, 3.8) is 0 Å². The predicted molar refractivity (Wildman–Crippen MR) is 48.5 cm³/mol. The fourth-order valence-corrected chi connectivity index (χ4v) is 1.78. The molecular weight excluding hydrogens is 166 g/mol. The van der Waals surface area contributed by atoms with Gasteiger partial charge in [-0.15, -0.1) is 0 Å². The largest absolute Gasteiger partial charge is 0.339 e. The second-order valence-corrected chi connectivity index (χ2v) is 3.99. The third-order valence-corrected chi connectivity index (χ3v) is 2.64. The van der Waals surface area contributed by atoms with Crippen LogP contribution in [0.25, 0.3) is 0 Å². The number of aryl methyl sites for hydroxylation is 1. The summed E-state index contributed by atoms with van der Waals surface area (Å²) in [6, 6.07) is 0. The van der Waals surface area contributed by atoms with Crippen LogP contribution in [0.4, 0.5) is 0 Å². The van der Waals surface area contributed by atoms with Gasteiger partial charge in [0.15, 0.2) is 5.82 Å². The van der Waals surface area contributed by atoms with E-state index in [1.54, 1.807) is 0 Å². The molecule has 1 atom stereocenters. The van der Waals surface area contributed by atoms with Crippen LogP contribution in [-0.2, 0) is 5.41 Å². The first-order valence-corrected chi connectivity index (χ1v) is 4.72. The smallest absolute Gasteiger partial charge is 0.233 e. The van der Waals surface area contributed by atoms with Crippen molar-refractivity contribution in [3.8, 4) is 0 Å². The molecule has 1 aliphatic heterocycles. The Balaban J connectivity index is 2.22. The summed E-state index contributed by atoms with van der Waals surface area (Å²) in [5.74, 6) is 1.50. The fourth-order valence-electron chi connectivity index (χ4n) is 1.78. The number of nitrogens with zero attached hydrogens (tertiary/aromatic N) is 2. The second kappa shape index (κ2) is 3.10. The summed E-state index contributed by atoms with van der Waals surface area (Å²) in [7, 11) is 0. The number of piperidine rings is 1. The molecule has 0 aromatic carbocycles. The van der Waals surface area contributed by atoms with E-state index in [1.165, 1.54) is 6.42 Å². The van der Waals surface area contributed by atoms with Gasteiger partial charge in [-0.1, -0.05) is 5.16 Å². The Kier molecular flexibility index (Phi) is 2.07. The number of rotatable bonds is 1. The highest BCUT2D eigenvalue weighted by Crippen LogP contribution is 2.28. The first-order chi connectivity index (χ1) is 6.21. The minimum absolute atomic E-state index is 0.0412. The lowest BCUT2D eigenvalue weighted by Crippen LogP contribution is -2.41. The Morgan fingerprint density at radius 1 is 1.54 bits per heavy atom. The molecule has 1 saturated heterocycles. The molecule has 0 bridgehead atoms. The SMILES string of the molecule is Cc1noc(C2(C)CCCNC2)n1. The van der Waals surface area contributed by atoms with E-state index < -0.39 is 0 Å². The molecule has 0 spiro atoms. The first kappa shape index (κ1) is 8.69. The molecule has 4 heteroatoms. The molecule has 13 heavy (non-hydrogen) atoms. The zero-order valence-corrected chi connectivity index (χ0v) is 8.13. The van der Waals surface area contributed by atoms with Crippen LogP contribution in [0.3, 0.4) is 0 Å². The van der Waals surface area contributed by atoms with Gasteiger partial charge < -0.3 is 9.84 Å². The lowest BCUT2D eigenvalue weighted by Gasteiger charge is -2.30. The van der Waals surface area contributed by atoms with E-state index in [0.29, 0.717) is 0 Å². The normalized spacial score (nSPS) is 29.1. The van der Waals surface area contributed by atoms with Gasteiger partial charge in [0.25, 0.3) is 0 Å². The van der Waals surface area contributed by atoms with E-state index >= 15 is 0 Å². The fraction of sp³-hybridized carbons (Fsp3) is 0.778. The summed E-state index contributed by atoms with van der Waals surface area (Å²) in [6.45, 7) is 6.07. The number of hydrogen-bond acceptors (Lipinski definition) is 4. The Morgan fingerprint density at radius 3 is 2.92 bits per heavy atom. The highest BCUT2D eigenvalue weighted by Gasteiger charge is 2.33. The maximum atomic E-state index is 5.21. The molecule has 2 rings (SSSR count). The molecule has 0 amide bonds. The molecule has 1 aliphatic rings. The minimum Gasteiger partial charge on any atom is -0.339 e. The van der Waals surface area contributed by atoms with Crippen LogP contribution in [0, 0.1) is 6.92 Å². The number of nitrogens with one attached hydrogen (secondary N) is 1. The van der Waals surface area contributed by atoms with Crippen LogP contribution >= 0.6 is 0 Å². The standard InChI is InChI=1S/C9H15N3O/c1-7-11-8(13-12-7)9(2)4-3-5-10-6-9/h10H,3-6H2,1-2H3. The molecule has 1 aromatic heterocycles. The van der Waals surface area contributed by atoms with Crippen LogP contribution in [-0.4, -0.2) is 23.2 Å². The van der Waals surface area contributed by atoms with Crippen molar-refractivity contribution in [2.75, 3.05) is 13.1 Å². The zero-order chi connectivity index (χ0) is 9.31. The molecule has 1 aromatic rings. The number of hydrogen-bond donors (Lipinski definition) is 1. The summed E-state index contributed by atoms with van der Waals surface area (Å²) in [5.41, 5.74) is 0.0412. The lowest BCUT2D eigenvalue weighted by molar-refractivity contribution is 0.245. The molecule has 0 saturated carbocycles. The van der Waals surface area contributed by atoms with Gasteiger partial charge in [-0.05, 0) is 33.2 Å². The zero-order valence-electron chi connectivity index (χ0n) is 8.13. The van der Waals surface area contributed by atoms with Crippen molar-refractivity contribution in [1.82, 2.24) is 15.5 Å². The van der Waals surface area contributed by atoms with E-state index in [2.05, 4.69) is 22.4 Å². The summed E-state index contributed by atoms with van der Waals surface area (Å²) in [4.78, 5) is 4.29. The lowest BCUT2D eigenvalue weighted by atomic mass is 9.83. The van der Waals surface area contributed by atoms with Gasteiger partial charge in [-0.2, -0.15) is 4.98 Å². The summed E-state index contributed by atoms with van der Waals surface area (Å²) < 4.78 is 5.21. The quantitative estimate of drug-likeness (QED) is 0.702. The van der Waals surface area contributed by atoms with Crippen LogP contribution in [0.1, 0.15) is 31.5 Å². The molecule has 1 fully saturated rings. The molecule has 1 N–H and O–H groups in total. The van der Waals surface area contributed by atoms with Crippen LogP contribution in [0.2, 0.25) is 0 Å². The van der Waals surface area contributed by atoms with Gasteiger partial charge in [-0.25, -0.2) is 0 Å². The maximum Gasteiger partial charge on any atom is 0.233 e. The van der Waals surface area contributed by atoms with E-state index in [1.807, 2.05) is 6.92 Å². The molecule has 1 unspecified atom stereocenters. The molecular formula is C9H15N3O. The minimum atomic E-state index is 0.0412. The third kappa shape index (κ3) is 1.58. The molecule has 72 valence electrons. The topological polar surface area (TPSA) is 51.0 Å². The van der Waals surface area contributed by atoms with Crippen molar-refractivity contribution in [1.29, 1.82) is 0 Å².